The Kier molecular flexibility index (Phi) is 7.08. The molecule has 29 heavy (non-hydrogen) atoms. The fourth-order valence-corrected chi connectivity index (χ4v) is 4.42. The van der Waals surface area contributed by atoms with Crippen LogP contribution in [-0.2, 0) is 9.59 Å². The Hall–Kier alpha value is -2.62. The minimum absolute atomic E-state index is 0.0338. The molecule has 3 rings (SSSR count). The molecule has 0 saturated carbocycles. The number of rotatable bonds is 7. The van der Waals surface area contributed by atoms with Crippen molar-refractivity contribution >= 4 is 23.2 Å². The Morgan fingerprint density at radius 2 is 1.69 bits per heavy atom. The maximum absolute atomic E-state index is 13.4. The van der Waals surface area contributed by atoms with Gasteiger partial charge in [-0.1, -0.05) is 62.6 Å². The molecule has 4 nitrogen and oxygen atoms in total. The molecule has 0 bridgehead atoms. The summed E-state index contributed by atoms with van der Waals surface area (Å²) in [7, 11) is 0. The molecule has 0 fully saturated rings. The number of nitrogens with zero attached hydrogens (tertiary/aromatic N) is 2. The zero-order valence-electron chi connectivity index (χ0n) is 17.8. The van der Waals surface area contributed by atoms with Crippen LogP contribution in [-0.4, -0.2) is 17.9 Å². The van der Waals surface area contributed by atoms with E-state index >= 15 is 0 Å². The van der Waals surface area contributed by atoms with E-state index in [2.05, 4.69) is 19.9 Å². The molecular weight excluding hydrogens is 360 g/mol. The van der Waals surface area contributed by atoms with Gasteiger partial charge in [0.2, 0.25) is 11.8 Å². The van der Waals surface area contributed by atoms with Crippen LogP contribution >= 0.6 is 0 Å². The third-order valence-electron chi connectivity index (χ3n) is 5.76. The van der Waals surface area contributed by atoms with Crippen LogP contribution in [0.4, 0.5) is 11.4 Å². The summed E-state index contributed by atoms with van der Waals surface area (Å²) in [6.45, 7) is 5.86. The van der Waals surface area contributed by atoms with Crippen LogP contribution in [0, 0.1) is 0 Å². The Bertz CT molecular complexity index is 834. The van der Waals surface area contributed by atoms with E-state index in [9.17, 15) is 9.59 Å². The summed E-state index contributed by atoms with van der Waals surface area (Å²) >= 11 is 0. The predicted octanol–water partition coefficient (Wildman–Crippen LogP) is 5.88. The summed E-state index contributed by atoms with van der Waals surface area (Å²) in [6.07, 6.45) is 5.60. The van der Waals surface area contributed by atoms with E-state index in [-0.39, 0.29) is 23.9 Å². The first-order valence-electron chi connectivity index (χ1n) is 10.8. The second-order valence-corrected chi connectivity index (χ2v) is 7.96. The molecule has 154 valence electrons. The highest BCUT2D eigenvalue weighted by molar-refractivity contribution is 5.97. The number of amides is 2. The first-order chi connectivity index (χ1) is 14.0. The van der Waals surface area contributed by atoms with Crippen molar-refractivity contribution in [3.63, 3.8) is 0 Å². The maximum atomic E-state index is 13.4. The number of anilines is 2. The smallest absolute Gasteiger partial charge is 0.227 e. The minimum atomic E-state index is -0.0714. The average Bonchev–Trinajstić information content (AvgIpc) is 2.72. The summed E-state index contributed by atoms with van der Waals surface area (Å²) in [6, 6.07) is 17.9. The molecule has 0 N–H and O–H groups in total. The fourth-order valence-electron chi connectivity index (χ4n) is 4.42. The van der Waals surface area contributed by atoms with Crippen molar-refractivity contribution in [2.75, 3.05) is 9.80 Å². The zero-order valence-corrected chi connectivity index (χ0v) is 17.8. The molecule has 4 heteroatoms. The summed E-state index contributed by atoms with van der Waals surface area (Å²) in [5.74, 6) is 0.205. The normalized spacial score (nSPS) is 18.2. The number of para-hydroxylation sites is 2. The number of benzene rings is 2. The largest absolute Gasteiger partial charge is 0.309 e. The van der Waals surface area contributed by atoms with E-state index in [4.69, 9.17) is 0 Å². The van der Waals surface area contributed by atoms with Gasteiger partial charge in [-0.05, 0) is 43.5 Å². The highest BCUT2D eigenvalue weighted by Gasteiger charge is 2.37. The van der Waals surface area contributed by atoms with Gasteiger partial charge in [-0.25, -0.2) is 0 Å². The lowest BCUT2D eigenvalue weighted by Gasteiger charge is -2.43. The summed E-state index contributed by atoms with van der Waals surface area (Å²) < 4.78 is 0. The van der Waals surface area contributed by atoms with Crippen molar-refractivity contribution < 1.29 is 9.59 Å². The van der Waals surface area contributed by atoms with Crippen LogP contribution < -0.4 is 9.80 Å². The van der Waals surface area contributed by atoms with Crippen LogP contribution in [0.1, 0.15) is 70.9 Å². The molecule has 0 aromatic heterocycles. The molecule has 0 spiro atoms. The Morgan fingerprint density at radius 3 is 2.38 bits per heavy atom. The zero-order chi connectivity index (χ0) is 20.8. The van der Waals surface area contributed by atoms with Crippen molar-refractivity contribution in [1.29, 1.82) is 0 Å². The first-order valence-corrected chi connectivity index (χ1v) is 10.8. The first kappa shape index (κ1) is 21.1. The molecule has 2 aromatic rings. The van der Waals surface area contributed by atoms with Crippen LogP contribution in [0.5, 0.6) is 0 Å². The third kappa shape index (κ3) is 4.69. The van der Waals surface area contributed by atoms with Crippen LogP contribution in [0.25, 0.3) is 0 Å². The second kappa shape index (κ2) is 9.73. The summed E-state index contributed by atoms with van der Waals surface area (Å²) in [5, 5.41) is 0. The van der Waals surface area contributed by atoms with Gasteiger partial charge in [-0.3, -0.25) is 9.59 Å². The van der Waals surface area contributed by atoms with Crippen molar-refractivity contribution in [2.24, 2.45) is 0 Å². The number of carbonyl (C=O) groups is 2. The van der Waals surface area contributed by atoms with E-state index in [1.54, 1.807) is 6.92 Å². The Balaban J connectivity index is 1.98. The van der Waals surface area contributed by atoms with Crippen LogP contribution in [0.3, 0.4) is 0 Å². The standard InChI is InChI=1S/C25H32N2O2/c1-4-5-6-10-17-25(29)27(21-13-8-7-9-14-21)24-18-19(2)26(20(3)28)23-16-12-11-15-22(23)24/h7-9,11-16,19,24H,4-6,10,17-18H2,1-3H3/t19-,24+/m0/s1. The van der Waals surface area contributed by atoms with Crippen LogP contribution in [0.15, 0.2) is 54.6 Å². The number of hydrogen-bond donors (Lipinski definition) is 0. The lowest BCUT2D eigenvalue weighted by Crippen LogP contribution is -2.47. The van der Waals surface area contributed by atoms with Crippen LogP contribution in [0.2, 0.25) is 0 Å². The van der Waals surface area contributed by atoms with Crippen molar-refractivity contribution in [3.8, 4) is 0 Å². The van der Waals surface area contributed by atoms with E-state index in [1.165, 1.54) is 0 Å². The maximum Gasteiger partial charge on any atom is 0.227 e. The molecule has 1 aliphatic heterocycles. The van der Waals surface area contributed by atoms with Crippen molar-refractivity contribution in [3.05, 3.63) is 60.2 Å². The second-order valence-electron chi connectivity index (χ2n) is 7.96. The third-order valence-corrected chi connectivity index (χ3v) is 5.76. The molecule has 2 amide bonds. The molecule has 1 aliphatic rings. The highest BCUT2D eigenvalue weighted by atomic mass is 16.2. The Morgan fingerprint density at radius 1 is 1.00 bits per heavy atom. The predicted molar refractivity (Wildman–Crippen MR) is 119 cm³/mol. The van der Waals surface area contributed by atoms with Gasteiger partial charge >= 0.3 is 0 Å². The van der Waals surface area contributed by atoms with E-state index < -0.39 is 0 Å². The molecule has 2 aromatic carbocycles. The fraction of sp³-hybridized carbons (Fsp3) is 0.440. The van der Waals surface area contributed by atoms with Gasteiger partial charge in [-0.15, -0.1) is 0 Å². The number of hydrogen-bond acceptors (Lipinski definition) is 2. The van der Waals surface area contributed by atoms with Gasteiger partial charge in [0, 0.05) is 30.8 Å². The minimum Gasteiger partial charge on any atom is -0.309 e. The number of unbranched alkanes of at least 4 members (excludes halogenated alkanes) is 3. The average molecular weight is 393 g/mol. The molecular formula is C25H32N2O2. The van der Waals surface area contributed by atoms with Gasteiger partial charge in [0.25, 0.3) is 0 Å². The van der Waals surface area contributed by atoms with E-state index in [0.717, 1.165) is 49.0 Å². The van der Waals surface area contributed by atoms with Gasteiger partial charge in [-0.2, -0.15) is 0 Å². The van der Waals surface area contributed by atoms with E-state index in [0.29, 0.717) is 6.42 Å². The lowest BCUT2D eigenvalue weighted by atomic mass is 9.89. The highest BCUT2D eigenvalue weighted by Crippen LogP contribution is 2.42. The van der Waals surface area contributed by atoms with Gasteiger partial charge < -0.3 is 9.80 Å². The molecule has 0 radical (unpaired) electrons. The molecule has 0 saturated heterocycles. The van der Waals surface area contributed by atoms with E-state index in [1.807, 2.05) is 58.3 Å². The lowest BCUT2D eigenvalue weighted by molar-refractivity contribution is -0.119. The number of fused-ring (bicyclic) bond motifs is 1. The quantitative estimate of drug-likeness (QED) is 0.552. The summed E-state index contributed by atoms with van der Waals surface area (Å²) in [4.78, 5) is 29.5. The monoisotopic (exact) mass is 392 g/mol. The molecule has 0 unspecified atom stereocenters. The van der Waals surface area contributed by atoms with Gasteiger partial charge in [0.05, 0.1) is 6.04 Å². The molecule has 0 aliphatic carbocycles. The topological polar surface area (TPSA) is 40.6 Å². The molecule has 2 atom stereocenters. The summed E-state index contributed by atoms with van der Waals surface area (Å²) in [5.41, 5.74) is 2.89. The van der Waals surface area contributed by atoms with Gasteiger partial charge in [0.15, 0.2) is 0 Å². The number of carbonyl (C=O) groups excluding carboxylic acids is 2. The van der Waals surface area contributed by atoms with Crippen molar-refractivity contribution in [2.45, 2.75) is 71.4 Å². The SMILES string of the molecule is CCCCCCC(=O)N(c1ccccc1)[C@@H]1C[C@H](C)N(C(C)=O)c2ccccc21. The van der Waals surface area contributed by atoms with Crippen molar-refractivity contribution in [1.82, 2.24) is 0 Å². The molecule has 1 heterocycles. The van der Waals surface area contributed by atoms with Gasteiger partial charge in [0.1, 0.15) is 0 Å². The Labute approximate surface area is 174 Å².